The Labute approximate surface area is 122 Å². The molecule has 0 heterocycles. The van der Waals surface area contributed by atoms with Gasteiger partial charge in [-0.3, -0.25) is 0 Å². The zero-order valence-corrected chi connectivity index (χ0v) is 13.7. The lowest BCUT2D eigenvalue weighted by atomic mass is 10.1. The summed E-state index contributed by atoms with van der Waals surface area (Å²) in [6, 6.07) is 7.32. The number of nitrogens with one attached hydrogen (secondary N) is 2. The Kier molecular flexibility index (Phi) is 6.13. The van der Waals surface area contributed by atoms with Gasteiger partial charge in [-0.05, 0) is 52.7 Å². The Morgan fingerprint density at radius 3 is 2.15 bits per heavy atom. The average molecular weight is 299 g/mol. The number of hydrogen-bond acceptors (Lipinski definition) is 4. The standard InChI is InChI=1S/C14H25N3O2S/c1-11(17(4)5)10-16-20(18,19)14-8-6-13(7-9-14)12(2)15-3/h6-9,11-12,15-16H,10H2,1-5H3. The molecule has 1 rings (SSSR count). The van der Waals surface area contributed by atoms with Crippen LogP contribution >= 0.6 is 0 Å². The first-order valence-corrected chi connectivity index (χ1v) is 8.19. The molecule has 0 aliphatic rings. The van der Waals surface area contributed by atoms with Crippen LogP contribution in [-0.2, 0) is 10.0 Å². The number of hydrogen-bond donors (Lipinski definition) is 2. The molecular formula is C14H25N3O2S. The van der Waals surface area contributed by atoms with Crippen LogP contribution in [0, 0.1) is 0 Å². The Bertz CT molecular complexity index is 512. The SMILES string of the molecule is CNC(C)c1ccc(S(=O)(=O)NCC(C)N(C)C)cc1. The van der Waals surface area contributed by atoms with Crippen molar-refractivity contribution in [2.24, 2.45) is 0 Å². The van der Waals surface area contributed by atoms with Crippen LogP contribution in [0.1, 0.15) is 25.5 Å². The molecule has 0 aromatic heterocycles. The van der Waals surface area contributed by atoms with Gasteiger partial charge in [-0.1, -0.05) is 12.1 Å². The zero-order chi connectivity index (χ0) is 15.3. The van der Waals surface area contributed by atoms with Crippen molar-refractivity contribution in [1.29, 1.82) is 0 Å². The quantitative estimate of drug-likeness (QED) is 0.794. The van der Waals surface area contributed by atoms with Crippen molar-refractivity contribution < 1.29 is 8.42 Å². The van der Waals surface area contributed by atoms with E-state index in [9.17, 15) is 8.42 Å². The summed E-state index contributed by atoms with van der Waals surface area (Å²) in [6.45, 7) is 4.39. The van der Waals surface area contributed by atoms with E-state index in [1.165, 1.54) is 0 Å². The molecule has 20 heavy (non-hydrogen) atoms. The summed E-state index contributed by atoms with van der Waals surface area (Å²) in [5, 5.41) is 3.12. The summed E-state index contributed by atoms with van der Waals surface area (Å²) < 4.78 is 27.0. The Morgan fingerprint density at radius 2 is 1.70 bits per heavy atom. The molecule has 0 saturated heterocycles. The molecule has 114 valence electrons. The Morgan fingerprint density at radius 1 is 1.15 bits per heavy atom. The largest absolute Gasteiger partial charge is 0.313 e. The van der Waals surface area contributed by atoms with E-state index in [0.29, 0.717) is 11.4 Å². The second-order valence-electron chi connectivity index (χ2n) is 5.24. The van der Waals surface area contributed by atoms with Gasteiger partial charge in [0.2, 0.25) is 10.0 Å². The maximum atomic E-state index is 12.2. The highest BCUT2D eigenvalue weighted by atomic mass is 32.2. The van der Waals surface area contributed by atoms with Crippen LogP contribution in [-0.4, -0.2) is 47.0 Å². The van der Waals surface area contributed by atoms with Crippen LogP contribution < -0.4 is 10.0 Å². The summed E-state index contributed by atoms with van der Waals surface area (Å²) in [6.07, 6.45) is 0. The maximum absolute atomic E-state index is 12.2. The predicted molar refractivity (Wildman–Crippen MR) is 82.3 cm³/mol. The molecule has 1 aromatic rings. The van der Waals surface area contributed by atoms with E-state index < -0.39 is 10.0 Å². The number of sulfonamides is 1. The van der Waals surface area contributed by atoms with Gasteiger partial charge in [0.05, 0.1) is 4.90 Å². The minimum Gasteiger partial charge on any atom is -0.313 e. The van der Waals surface area contributed by atoms with Crippen molar-refractivity contribution in [3.63, 3.8) is 0 Å². The van der Waals surface area contributed by atoms with Gasteiger partial charge < -0.3 is 10.2 Å². The van der Waals surface area contributed by atoms with Crippen LogP contribution in [0.5, 0.6) is 0 Å². The summed E-state index contributed by atoms with van der Waals surface area (Å²) in [5.74, 6) is 0. The number of nitrogens with zero attached hydrogens (tertiary/aromatic N) is 1. The van der Waals surface area contributed by atoms with Crippen molar-refractivity contribution in [2.75, 3.05) is 27.7 Å². The normalized spacial score (nSPS) is 15.3. The lowest BCUT2D eigenvalue weighted by Crippen LogP contribution is -2.38. The third kappa shape index (κ3) is 4.56. The number of likely N-dealkylation sites (N-methyl/N-ethyl adjacent to an activating group) is 1. The van der Waals surface area contributed by atoms with Gasteiger partial charge in [0, 0.05) is 18.6 Å². The van der Waals surface area contributed by atoms with Crippen LogP contribution in [0.4, 0.5) is 0 Å². The molecule has 6 heteroatoms. The lowest BCUT2D eigenvalue weighted by molar-refractivity contribution is 0.314. The van der Waals surface area contributed by atoms with Gasteiger partial charge >= 0.3 is 0 Å². The van der Waals surface area contributed by atoms with E-state index in [-0.39, 0.29) is 12.1 Å². The fourth-order valence-corrected chi connectivity index (χ4v) is 2.72. The predicted octanol–water partition coefficient (Wildman–Crippen LogP) is 1.20. The van der Waals surface area contributed by atoms with Crippen molar-refractivity contribution in [3.8, 4) is 0 Å². The van der Waals surface area contributed by atoms with E-state index >= 15 is 0 Å². The summed E-state index contributed by atoms with van der Waals surface area (Å²) in [7, 11) is 2.29. The van der Waals surface area contributed by atoms with Crippen LogP contribution in [0.25, 0.3) is 0 Å². The van der Waals surface area contributed by atoms with E-state index in [1.807, 2.05) is 52.0 Å². The number of benzene rings is 1. The molecule has 0 amide bonds. The highest BCUT2D eigenvalue weighted by Crippen LogP contribution is 2.15. The van der Waals surface area contributed by atoms with Gasteiger partial charge in [-0.25, -0.2) is 13.1 Å². The summed E-state index contributed by atoms with van der Waals surface area (Å²) in [5.41, 5.74) is 1.06. The van der Waals surface area contributed by atoms with E-state index in [1.54, 1.807) is 12.1 Å². The van der Waals surface area contributed by atoms with Crippen molar-refractivity contribution in [1.82, 2.24) is 14.9 Å². The second kappa shape index (κ2) is 7.17. The van der Waals surface area contributed by atoms with Gasteiger partial charge in [0.15, 0.2) is 0 Å². The maximum Gasteiger partial charge on any atom is 0.240 e. The van der Waals surface area contributed by atoms with Crippen LogP contribution in [0.2, 0.25) is 0 Å². The van der Waals surface area contributed by atoms with Gasteiger partial charge in [0.1, 0.15) is 0 Å². The third-order valence-electron chi connectivity index (χ3n) is 3.57. The smallest absolute Gasteiger partial charge is 0.240 e. The Hall–Kier alpha value is -0.950. The van der Waals surface area contributed by atoms with Crippen molar-refractivity contribution in [2.45, 2.75) is 30.8 Å². The minimum atomic E-state index is -3.44. The average Bonchev–Trinajstić information content (AvgIpc) is 2.44. The molecule has 0 aliphatic heterocycles. The van der Waals surface area contributed by atoms with Crippen molar-refractivity contribution in [3.05, 3.63) is 29.8 Å². The monoisotopic (exact) mass is 299 g/mol. The zero-order valence-electron chi connectivity index (χ0n) is 12.8. The van der Waals surface area contributed by atoms with Gasteiger partial charge in [-0.15, -0.1) is 0 Å². The first-order chi connectivity index (χ1) is 9.27. The van der Waals surface area contributed by atoms with Crippen LogP contribution in [0.3, 0.4) is 0 Å². The molecule has 5 nitrogen and oxygen atoms in total. The highest BCUT2D eigenvalue weighted by molar-refractivity contribution is 7.89. The molecule has 0 fully saturated rings. The molecule has 0 aliphatic carbocycles. The molecule has 2 N–H and O–H groups in total. The molecule has 0 radical (unpaired) electrons. The molecule has 0 spiro atoms. The molecule has 2 unspecified atom stereocenters. The molecular weight excluding hydrogens is 274 g/mol. The van der Waals surface area contributed by atoms with E-state index in [4.69, 9.17) is 0 Å². The molecule has 2 atom stereocenters. The lowest BCUT2D eigenvalue weighted by Gasteiger charge is -2.20. The second-order valence-corrected chi connectivity index (χ2v) is 7.01. The summed E-state index contributed by atoms with van der Waals surface area (Å²) in [4.78, 5) is 2.27. The first-order valence-electron chi connectivity index (χ1n) is 6.71. The van der Waals surface area contributed by atoms with Crippen LogP contribution in [0.15, 0.2) is 29.2 Å². The minimum absolute atomic E-state index is 0.147. The van der Waals surface area contributed by atoms with Crippen molar-refractivity contribution >= 4 is 10.0 Å². The highest BCUT2D eigenvalue weighted by Gasteiger charge is 2.16. The van der Waals surface area contributed by atoms with E-state index in [2.05, 4.69) is 10.0 Å². The fraction of sp³-hybridized carbons (Fsp3) is 0.571. The van der Waals surface area contributed by atoms with Gasteiger partial charge in [-0.2, -0.15) is 0 Å². The van der Waals surface area contributed by atoms with Gasteiger partial charge in [0.25, 0.3) is 0 Å². The Balaban J connectivity index is 2.78. The third-order valence-corrected chi connectivity index (χ3v) is 5.01. The van der Waals surface area contributed by atoms with E-state index in [0.717, 1.165) is 5.56 Å². The molecule has 0 saturated carbocycles. The molecule has 0 bridgehead atoms. The first kappa shape index (κ1) is 17.1. The number of rotatable bonds is 7. The fourth-order valence-electron chi connectivity index (χ4n) is 1.60. The molecule has 1 aromatic carbocycles. The topological polar surface area (TPSA) is 61.4 Å². The summed E-state index contributed by atoms with van der Waals surface area (Å²) >= 11 is 0.